The van der Waals surface area contributed by atoms with E-state index in [1.807, 2.05) is 0 Å². The van der Waals surface area contributed by atoms with E-state index < -0.39 is 6.04 Å². The molecule has 0 radical (unpaired) electrons. The second-order valence-corrected chi connectivity index (χ2v) is 5.45. The first-order chi connectivity index (χ1) is 11.1. The summed E-state index contributed by atoms with van der Waals surface area (Å²) in [5, 5.41) is 5.28. The lowest BCUT2D eigenvalue weighted by molar-refractivity contribution is -0.122. The van der Waals surface area contributed by atoms with Crippen LogP contribution in [0.1, 0.15) is 12.8 Å². The van der Waals surface area contributed by atoms with E-state index in [-0.39, 0.29) is 36.7 Å². The Morgan fingerprint density at radius 1 is 1.29 bits per heavy atom. The monoisotopic (exact) mass is 357 g/mol. The number of rotatable bonds is 6. The van der Waals surface area contributed by atoms with E-state index in [2.05, 4.69) is 10.6 Å². The van der Waals surface area contributed by atoms with Crippen LogP contribution in [-0.4, -0.2) is 44.7 Å². The first-order valence-corrected chi connectivity index (χ1v) is 7.68. The average Bonchev–Trinajstić information content (AvgIpc) is 2.60. The molecule has 7 nitrogen and oxygen atoms in total. The average molecular weight is 358 g/mol. The molecule has 2 rings (SSSR count). The van der Waals surface area contributed by atoms with E-state index in [4.69, 9.17) is 15.2 Å². The molecule has 1 atom stereocenters. The lowest BCUT2D eigenvalue weighted by Gasteiger charge is -2.26. The molecule has 1 aliphatic rings. The lowest BCUT2D eigenvalue weighted by Crippen LogP contribution is -2.43. The molecule has 134 valence electrons. The third-order valence-corrected chi connectivity index (χ3v) is 3.85. The van der Waals surface area contributed by atoms with Crippen LogP contribution in [0, 0.1) is 5.92 Å². The van der Waals surface area contributed by atoms with Crippen molar-refractivity contribution in [3.8, 4) is 5.75 Å². The highest BCUT2D eigenvalue weighted by molar-refractivity contribution is 5.94. The second-order valence-electron chi connectivity index (χ2n) is 5.45. The molecule has 1 heterocycles. The quantitative estimate of drug-likeness (QED) is 0.702. The van der Waals surface area contributed by atoms with Gasteiger partial charge in [0.25, 0.3) is 5.91 Å². The van der Waals surface area contributed by atoms with Crippen molar-refractivity contribution in [2.24, 2.45) is 11.7 Å². The third-order valence-electron chi connectivity index (χ3n) is 3.85. The van der Waals surface area contributed by atoms with Crippen molar-refractivity contribution >= 4 is 29.9 Å². The molecule has 1 aromatic carbocycles. The topological polar surface area (TPSA) is 103 Å². The molecule has 0 aliphatic carbocycles. The maximum atomic E-state index is 12.2. The fourth-order valence-electron chi connectivity index (χ4n) is 2.37. The molecule has 0 spiro atoms. The number of halogens is 1. The van der Waals surface area contributed by atoms with Crippen molar-refractivity contribution in [1.82, 2.24) is 5.32 Å². The second kappa shape index (κ2) is 10.1. The van der Waals surface area contributed by atoms with E-state index in [1.54, 1.807) is 31.3 Å². The van der Waals surface area contributed by atoms with Crippen molar-refractivity contribution in [1.29, 1.82) is 0 Å². The molecule has 1 aliphatic heterocycles. The first kappa shape index (κ1) is 20.2. The summed E-state index contributed by atoms with van der Waals surface area (Å²) in [4.78, 5) is 23.3. The van der Waals surface area contributed by atoms with Gasteiger partial charge in [0.15, 0.2) is 6.61 Å². The van der Waals surface area contributed by atoms with Crippen LogP contribution in [-0.2, 0) is 14.3 Å². The van der Waals surface area contributed by atoms with Crippen LogP contribution >= 0.6 is 12.4 Å². The van der Waals surface area contributed by atoms with Crippen molar-refractivity contribution in [3.05, 3.63) is 24.3 Å². The highest BCUT2D eigenvalue weighted by Gasteiger charge is 2.26. The molecular formula is C16H24ClN3O4. The normalized spacial score (nSPS) is 15.8. The summed E-state index contributed by atoms with van der Waals surface area (Å²) in [7, 11) is 1.55. The Balaban J connectivity index is 0.00000288. The van der Waals surface area contributed by atoms with Gasteiger partial charge in [0, 0.05) is 25.9 Å². The first-order valence-electron chi connectivity index (χ1n) is 7.68. The third kappa shape index (κ3) is 5.99. The van der Waals surface area contributed by atoms with Crippen molar-refractivity contribution < 1.29 is 19.1 Å². The number of carbonyl (C=O) groups excluding carboxylic acids is 2. The Hall–Kier alpha value is -1.83. The van der Waals surface area contributed by atoms with Crippen LogP contribution in [0.2, 0.25) is 0 Å². The molecule has 1 saturated heterocycles. The Morgan fingerprint density at radius 3 is 2.50 bits per heavy atom. The number of carbonyl (C=O) groups is 2. The Kier molecular flexibility index (Phi) is 8.53. The fraction of sp³-hybridized carbons (Fsp3) is 0.500. The van der Waals surface area contributed by atoms with Crippen LogP contribution in [0.5, 0.6) is 5.75 Å². The zero-order chi connectivity index (χ0) is 16.7. The number of benzene rings is 1. The highest BCUT2D eigenvalue weighted by atomic mass is 35.5. The standard InChI is InChI=1S/C16H23N3O4.ClH/c1-18-14(20)10-23-13-4-2-12(3-5-13)19-16(21)15(17)11-6-8-22-9-7-11;/h2-5,11,15H,6-10,17H2,1H3,(H,18,20)(H,19,21);1H. The van der Waals surface area contributed by atoms with Gasteiger partial charge >= 0.3 is 0 Å². The summed E-state index contributed by atoms with van der Waals surface area (Å²) in [6, 6.07) is 6.28. The molecule has 24 heavy (non-hydrogen) atoms. The molecule has 1 unspecified atom stereocenters. The van der Waals surface area contributed by atoms with Crippen LogP contribution in [0.3, 0.4) is 0 Å². The summed E-state index contributed by atoms with van der Waals surface area (Å²) in [5.41, 5.74) is 6.67. The predicted molar refractivity (Wildman–Crippen MR) is 93.4 cm³/mol. The number of ether oxygens (including phenoxy) is 2. The van der Waals surface area contributed by atoms with Crippen LogP contribution in [0.25, 0.3) is 0 Å². The zero-order valence-electron chi connectivity index (χ0n) is 13.6. The number of hydrogen-bond acceptors (Lipinski definition) is 5. The minimum Gasteiger partial charge on any atom is -0.484 e. The van der Waals surface area contributed by atoms with Crippen LogP contribution < -0.4 is 21.1 Å². The predicted octanol–water partition coefficient (Wildman–Crippen LogP) is 0.926. The van der Waals surface area contributed by atoms with Gasteiger partial charge in [0.05, 0.1) is 6.04 Å². The number of amides is 2. The van der Waals surface area contributed by atoms with Crippen LogP contribution in [0.4, 0.5) is 5.69 Å². The number of anilines is 1. The maximum Gasteiger partial charge on any atom is 0.257 e. The Bertz CT molecular complexity index is 533. The van der Waals surface area contributed by atoms with Crippen molar-refractivity contribution in [2.45, 2.75) is 18.9 Å². The molecule has 1 aromatic rings. The van der Waals surface area contributed by atoms with Gasteiger partial charge in [0.2, 0.25) is 5.91 Å². The van der Waals surface area contributed by atoms with Gasteiger partial charge in [-0.25, -0.2) is 0 Å². The molecule has 2 amide bonds. The van der Waals surface area contributed by atoms with E-state index >= 15 is 0 Å². The number of hydrogen-bond donors (Lipinski definition) is 3. The summed E-state index contributed by atoms with van der Waals surface area (Å²) in [5.74, 6) is 0.306. The van der Waals surface area contributed by atoms with E-state index in [0.717, 1.165) is 12.8 Å². The highest BCUT2D eigenvalue weighted by Crippen LogP contribution is 2.20. The number of nitrogens with one attached hydrogen (secondary N) is 2. The van der Waals surface area contributed by atoms with Gasteiger partial charge in [-0.15, -0.1) is 12.4 Å². The summed E-state index contributed by atoms with van der Waals surface area (Å²) < 4.78 is 10.6. The fourth-order valence-corrected chi connectivity index (χ4v) is 2.37. The van der Waals surface area contributed by atoms with Gasteiger partial charge in [-0.05, 0) is 43.0 Å². The molecule has 1 fully saturated rings. The van der Waals surface area contributed by atoms with E-state index in [9.17, 15) is 9.59 Å². The molecular weight excluding hydrogens is 334 g/mol. The summed E-state index contributed by atoms with van der Waals surface area (Å²) >= 11 is 0. The smallest absolute Gasteiger partial charge is 0.257 e. The SMILES string of the molecule is CNC(=O)COc1ccc(NC(=O)C(N)C2CCOCC2)cc1.Cl. The van der Waals surface area contributed by atoms with Gasteiger partial charge in [0.1, 0.15) is 5.75 Å². The van der Waals surface area contributed by atoms with Gasteiger partial charge in [-0.3, -0.25) is 9.59 Å². The zero-order valence-corrected chi connectivity index (χ0v) is 14.4. The van der Waals surface area contributed by atoms with Gasteiger partial charge in [-0.2, -0.15) is 0 Å². The molecule has 0 bridgehead atoms. The van der Waals surface area contributed by atoms with Gasteiger partial charge < -0.3 is 25.8 Å². The minimum absolute atomic E-state index is 0. The Labute approximate surface area is 147 Å². The molecule has 4 N–H and O–H groups in total. The van der Waals surface area contributed by atoms with Gasteiger partial charge in [-0.1, -0.05) is 0 Å². The largest absolute Gasteiger partial charge is 0.484 e. The number of nitrogens with two attached hydrogens (primary N) is 1. The Morgan fingerprint density at radius 2 is 1.92 bits per heavy atom. The summed E-state index contributed by atoms with van der Waals surface area (Å²) in [6.07, 6.45) is 1.61. The molecule has 0 saturated carbocycles. The molecule has 0 aromatic heterocycles. The van der Waals surface area contributed by atoms with Crippen LogP contribution in [0.15, 0.2) is 24.3 Å². The van der Waals surface area contributed by atoms with E-state index in [1.165, 1.54) is 0 Å². The maximum absolute atomic E-state index is 12.2. The number of likely N-dealkylation sites (N-methyl/N-ethyl adjacent to an activating group) is 1. The van der Waals surface area contributed by atoms with Crippen molar-refractivity contribution in [3.63, 3.8) is 0 Å². The lowest BCUT2D eigenvalue weighted by atomic mass is 9.92. The molecule has 8 heteroatoms. The van der Waals surface area contributed by atoms with Crippen molar-refractivity contribution in [2.75, 3.05) is 32.2 Å². The summed E-state index contributed by atoms with van der Waals surface area (Å²) in [6.45, 7) is 1.27. The van der Waals surface area contributed by atoms with E-state index in [0.29, 0.717) is 24.7 Å². The minimum atomic E-state index is -0.539.